The zero-order valence-corrected chi connectivity index (χ0v) is 18.1. The van der Waals surface area contributed by atoms with Crippen LogP contribution in [0.2, 0.25) is 0 Å². The number of hydrogen-bond acceptors (Lipinski definition) is 4. The van der Waals surface area contributed by atoms with Gasteiger partial charge in [-0.15, -0.1) is 0 Å². The number of carbonyl (C=O) groups excluding carboxylic acids is 1. The lowest BCUT2D eigenvalue weighted by molar-refractivity contribution is -0.134. The SMILES string of the molecule is Cc1ccc(-c2c(CC(=O)N3CCOCC3)c(C)nc(CC(C)C)c2CN)cc1. The number of rotatable bonds is 6. The first-order valence-corrected chi connectivity index (χ1v) is 10.5. The van der Waals surface area contributed by atoms with Gasteiger partial charge in [0.1, 0.15) is 0 Å². The molecule has 5 nitrogen and oxygen atoms in total. The average Bonchev–Trinajstić information content (AvgIpc) is 2.70. The zero-order valence-electron chi connectivity index (χ0n) is 18.1. The number of aryl methyl sites for hydroxylation is 2. The Balaban J connectivity index is 2.10. The Labute approximate surface area is 174 Å². The minimum Gasteiger partial charge on any atom is -0.378 e. The van der Waals surface area contributed by atoms with E-state index in [1.807, 2.05) is 11.8 Å². The van der Waals surface area contributed by atoms with Crippen molar-refractivity contribution in [3.63, 3.8) is 0 Å². The van der Waals surface area contributed by atoms with Crippen molar-refractivity contribution >= 4 is 5.91 Å². The van der Waals surface area contributed by atoms with E-state index in [0.717, 1.165) is 40.1 Å². The van der Waals surface area contributed by atoms with Gasteiger partial charge < -0.3 is 15.4 Å². The summed E-state index contributed by atoms with van der Waals surface area (Å²) in [5.41, 5.74) is 13.7. The second kappa shape index (κ2) is 9.51. The van der Waals surface area contributed by atoms with Gasteiger partial charge in [-0.2, -0.15) is 0 Å². The monoisotopic (exact) mass is 395 g/mol. The lowest BCUT2D eigenvalue weighted by atomic mass is 9.88. The van der Waals surface area contributed by atoms with Crippen molar-refractivity contribution in [2.45, 2.75) is 47.1 Å². The number of hydrogen-bond donors (Lipinski definition) is 1. The van der Waals surface area contributed by atoms with Gasteiger partial charge in [-0.25, -0.2) is 0 Å². The molecule has 0 atom stereocenters. The Kier molecular flexibility index (Phi) is 7.04. The fourth-order valence-electron chi connectivity index (χ4n) is 3.98. The number of amides is 1. The second-order valence-corrected chi connectivity index (χ2v) is 8.31. The van der Waals surface area contributed by atoms with Crippen LogP contribution in [0, 0.1) is 19.8 Å². The molecule has 0 saturated carbocycles. The summed E-state index contributed by atoms with van der Waals surface area (Å²) in [4.78, 5) is 19.8. The molecule has 29 heavy (non-hydrogen) atoms. The summed E-state index contributed by atoms with van der Waals surface area (Å²) in [6.45, 7) is 11.4. The van der Waals surface area contributed by atoms with Crippen molar-refractivity contribution in [3.8, 4) is 11.1 Å². The molecule has 1 saturated heterocycles. The van der Waals surface area contributed by atoms with Gasteiger partial charge in [0.2, 0.25) is 5.91 Å². The molecular weight excluding hydrogens is 362 g/mol. The Morgan fingerprint density at radius 1 is 1.14 bits per heavy atom. The third-order valence-corrected chi connectivity index (χ3v) is 5.53. The summed E-state index contributed by atoms with van der Waals surface area (Å²) in [6.07, 6.45) is 1.22. The number of nitrogens with zero attached hydrogens (tertiary/aromatic N) is 2. The molecular formula is C24H33N3O2. The number of benzene rings is 1. The highest BCUT2D eigenvalue weighted by molar-refractivity contribution is 5.84. The third kappa shape index (κ3) is 5.03. The van der Waals surface area contributed by atoms with Crippen LogP contribution in [0.5, 0.6) is 0 Å². The number of ether oxygens (including phenoxy) is 1. The molecule has 0 radical (unpaired) electrons. The molecule has 1 fully saturated rings. The van der Waals surface area contributed by atoms with Crippen molar-refractivity contribution in [3.05, 3.63) is 52.3 Å². The predicted molar refractivity (Wildman–Crippen MR) is 117 cm³/mol. The first-order valence-electron chi connectivity index (χ1n) is 10.5. The molecule has 2 heterocycles. The van der Waals surface area contributed by atoms with Gasteiger partial charge >= 0.3 is 0 Å². The van der Waals surface area contributed by atoms with Crippen LogP contribution in [0.4, 0.5) is 0 Å². The van der Waals surface area contributed by atoms with Crippen LogP contribution in [0.25, 0.3) is 11.1 Å². The Bertz CT molecular complexity index is 853. The molecule has 1 aliphatic heterocycles. The fraction of sp³-hybridized carbons (Fsp3) is 0.500. The van der Waals surface area contributed by atoms with Crippen molar-refractivity contribution in [1.82, 2.24) is 9.88 Å². The van der Waals surface area contributed by atoms with E-state index in [-0.39, 0.29) is 5.91 Å². The molecule has 1 amide bonds. The largest absolute Gasteiger partial charge is 0.378 e. The summed E-state index contributed by atoms with van der Waals surface area (Å²) in [5, 5.41) is 0. The number of nitrogens with two attached hydrogens (primary N) is 1. The van der Waals surface area contributed by atoms with Crippen molar-refractivity contribution in [2.24, 2.45) is 11.7 Å². The average molecular weight is 396 g/mol. The van der Waals surface area contributed by atoms with E-state index >= 15 is 0 Å². The molecule has 5 heteroatoms. The quantitative estimate of drug-likeness (QED) is 0.814. The van der Waals surface area contributed by atoms with Gasteiger partial charge in [0, 0.05) is 31.0 Å². The number of aromatic nitrogens is 1. The van der Waals surface area contributed by atoms with Crippen LogP contribution in [0.3, 0.4) is 0 Å². The summed E-state index contributed by atoms with van der Waals surface area (Å²) < 4.78 is 5.39. The lowest BCUT2D eigenvalue weighted by Crippen LogP contribution is -2.41. The van der Waals surface area contributed by atoms with Crippen LogP contribution >= 0.6 is 0 Å². The van der Waals surface area contributed by atoms with Crippen molar-refractivity contribution in [1.29, 1.82) is 0 Å². The molecule has 2 N–H and O–H groups in total. The normalized spacial score (nSPS) is 14.5. The highest BCUT2D eigenvalue weighted by atomic mass is 16.5. The highest BCUT2D eigenvalue weighted by Crippen LogP contribution is 2.33. The molecule has 0 bridgehead atoms. The Hall–Kier alpha value is -2.24. The molecule has 0 unspecified atom stereocenters. The number of carbonyl (C=O) groups is 1. The maximum absolute atomic E-state index is 13.0. The molecule has 1 aromatic heterocycles. The van der Waals surface area contributed by atoms with Crippen LogP contribution in [-0.4, -0.2) is 42.1 Å². The summed E-state index contributed by atoms with van der Waals surface area (Å²) in [7, 11) is 0. The van der Waals surface area contributed by atoms with E-state index in [1.54, 1.807) is 0 Å². The maximum Gasteiger partial charge on any atom is 0.227 e. The third-order valence-electron chi connectivity index (χ3n) is 5.53. The Morgan fingerprint density at radius 3 is 2.38 bits per heavy atom. The van der Waals surface area contributed by atoms with Crippen molar-refractivity contribution < 1.29 is 9.53 Å². The predicted octanol–water partition coefficient (Wildman–Crippen LogP) is 3.42. The van der Waals surface area contributed by atoms with Gasteiger partial charge in [0.15, 0.2) is 0 Å². The fourth-order valence-corrected chi connectivity index (χ4v) is 3.98. The molecule has 0 aliphatic carbocycles. The smallest absolute Gasteiger partial charge is 0.227 e. The van der Waals surface area contributed by atoms with E-state index < -0.39 is 0 Å². The summed E-state index contributed by atoms with van der Waals surface area (Å²) in [6, 6.07) is 8.48. The molecule has 0 spiro atoms. The molecule has 156 valence electrons. The number of pyridine rings is 1. The van der Waals surface area contributed by atoms with E-state index in [1.165, 1.54) is 5.56 Å². The minimum absolute atomic E-state index is 0.131. The topological polar surface area (TPSA) is 68.5 Å². The first kappa shape index (κ1) is 21.5. The zero-order chi connectivity index (χ0) is 21.0. The summed E-state index contributed by atoms with van der Waals surface area (Å²) in [5.74, 6) is 0.616. The molecule has 1 aliphatic rings. The highest BCUT2D eigenvalue weighted by Gasteiger charge is 2.24. The van der Waals surface area contributed by atoms with E-state index in [2.05, 4.69) is 45.0 Å². The van der Waals surface area contributed by atoms with Crippen molar-refractivity contribution in [2.75, 3.05) is 26.3 Å². The van der Waals surface area contributed by atoms with Crippen LogP contribution in [0.15, 0.2) is 24.3 Å². The van der Waals surface area contributed by atoms with Gasteiger partial charge in [-0.1, -0.05) is 43.7 Å². The van der Waals surface area contributed by atoms with Gasteiger partial charge in [0.05, 0.1) is 19.6 Å². The van der Waals surface area contributed by atoms with Crippen LogP contribution in [0.1, 0.15) is 41.9 Å². The van der Waals surface area contributed by atoms with Crippen LogP contribution < -0.4 is 5.73 Å². The molecule has 1 aromatic carbocycles. The standard InChI is InChI=1S/C24H33N3O2/c1-16(2)13-22-21(15-25)24(19-7-5-17(3)6-8-19)20(18(4)26-22)14-23(28)27-9-11-29-12-10-27/h5-8,16H,9-15,25H2,1-4H3. The van der Waals surface area contributed by atoms with Crippen LogP contribution in [-0.2, 0) is 28.9 Å². The maximum atomic E-state index is 13.0. The van der Waals surface area contributed by atoms with E-state index in [0.29, 0.717) is 45.2 Å². The first-order chi connectivity index (χ1) is 13.9. The van der Waals surface area contributed by atoms with Gasteiger partial charge in [-0.05, 0) is 48.4 Å². The van der Waals surface area contributed by atoms with Gasteiger partial charge in [-0.3, -0.25) is 9.78 Å². The summed E-state index contributed by atoms with van der Waals surface area (Å²) >= 11 is 0. The molecule has 3 rings (SSSR count). The Morgan fingerprint density at radius 2 is 1.79 bits per heavy atom. The second-order valence-electron chi connectivity index (χ2n) is 8.31. The number of morpholine rings is 1. The lowest BCUT2D eigenvalue weighted by Gasteiger charge is -2.28. The molecule has 2 aromatic rings. The van der Waals surface area contributed by atoms with E-state index in [4.69, 9.17) is 15.5 Å². The van der Waals surface area contributed by atoms with E-state index in [9.17, 15) is 4.79 Å². The van der Waals surface area contributed by atoms with Gasteiger partial charge in [0.25, 0.3) is 0 Å². The minimum atomic E-state index is 0.131.